The summed E-state index contributed by atoms with van der Waals surface area (Å²) in [6.07, 6.45) is -0.727. The lowest BCUT2D eigenvalue weighted by molar-refractivity contribution is -0.122. The first-order chi connectivity index (χ1) is 11.0. The van der Waals surface area contributed by atoms with Crippen molar-refractivity contribution in [3.63, 3.8) is 0 Å². The van der Waals surface area contributed by atoms with Gasteiger partial charge in [0.15, 0.2) is 6.10 Å². The van der Waals surface area contributed by atoms with Crippen molar-refractivity contribution in [3.05, 3.63) is 59.1 Å². The number of carbonyl (C=O) groups is 2. The number of hydrogen-bond acceptors (Lipinski definition) is 4. The Labute approximate surface area is 139 Å². The van der Waals surface area contributed by atoms with E-state index in [2.05, 4.69) is 10.1 Å². The van der Waals surface area contributed by atoms with Crippen molar-refractivity contribution >= 4 is 29.2 Å². The summed E-state index contributed by atoms with van der Waals surface area (Å²) in [5, 5.41) is 2.96. The summed E-state index contributed by atoms with van der Waals surface area (Å²) in [5.74, 6) is -0.298. The summed E-state index contributed by atoms with van der Waals surface area (Å²) in [7, 11) is 1.28. The first kappa shape index (κ1) is 16.8. The number of hydrogen-bond donors (Lipinski definition) is 1. The number of rotatable bonds is 5. The molecule has 0 aliphatic rings. The first-order valence-electron chi connectivity index (χ1n) is 6.91. The van der Waals surface area contributed by atoms with E-state index in [4.69, 9.17) is 16.3 Å². The standard InChI is InChI=1S/C17H16ClNO4/c1-11(23-13-6-4-3-5-7-13)16(20)19-15-10-12(17(21)22-2)8-9-14(15)18/h3-11H,1-2H3,(H,19,20)/t11-/m1/s1. The average Bonchev–Trinajstić information content (AvgIpc) is 2.56. The van der Waals surface area contributed by atoms with Crippen molar-refractivity contribution in [1.29, 1.82) is 0 Å². The molecule has 0 saturated carbocycles. The maximum atomic E-state index is 12.2. The summed E-state index contributed by atoms with van der Waals surface area (Å²) in [6, 6.07) is 13.5. The lowest BCUT2D eigenvalue weighted by Crippen LogP contribution is -2.30. The Kier molecular flexibility index (Phi) is 5.60. The van der Waals surface area contributed by atoms with Gasteiger partial charge in [0.1, 0.15) is 5.75 Å². The van der Waals surface area contributed by atoms with Gasteiger partial charge in [0.25, 0.3) is 5.91 Å². The SMILES string of the molecule is COC(=O)c1ccc(Cl)c(NC(=O)[C@@H](C)Oc2ccccc2)c1. The van der Waals surface area contributed by atoms with Crippen molar-refractivity contribution in [2.75, 3.05) is 12.4 Å². The number of methoxy groups -OCH3 is 1. The Bertz CT molecular complexity index is 703. The fraction of sp³-hybridized carbons (Fsp3) is 0.176. The molecule has 0 aliphatic carbocycles. The van der Waals surface area contributed by atoms with E-state index in [0.29, 0.717) is 22.0 Å². The van der Waals surface area contributed by atoms with Crippen LogP contribution in [-0.2, 0) is 9.53 Å². The Morgan fingerprint density at radius 2 is 1.83 bits per heavy atom. The fourth-order valence-electron chi connectivity index (χ4n) is 1.86. The molecule has 2 rings (SSSR count). The quantitative estimate of drug-likeness (QED) is 0.850. The number of esters is 1. The maximum absolute atomic E-state index is 12.2. The minimum atomic E-state index is -0.727. The second-order valence-electron chi connectivity index (χ2n) is 4.75. The highest BCUT2D eigenvalue weighted by Gasteiger charge is 2.17. The Balaban J connectivity index is 2.08. The third kappa shape index (κ3) is 4.47. The number of benzene rings is 2. The molecule has 2 aromatic carbocycles. The molecule has 6 heteroatoms. The second kappa shape index (κ2) is 7.65. The zero-order chi connectivity index (χ0) is 16.8. The zero-order valence-corrected chi connectivity index (χ0v) is 13.5. The first-order valence-corrected chi connectivity index (χ1v) is 7.29. The van der Waals surface area contributed by atoms with Crippen molar-refractivity contribution in [1.82, 2.24) is 0 Å². The van der Waals surface area contributed by atoms with Crippen LogP contribution in [-0.4, -0.2) is 25.1 Å². The van der Waals surface area contributed by atoms with Crippen LogP contribution >= 0.6 is 11.6 Å². The molecule has 0 aliphatic heterocycles. The molecule has 0 radical (unpaired) electrons. The molecule has 1 amide bonds. The molecule has 0 bridgehead atoms. The van der Waals surface area contributed by atoms with Gasteiger partial charge in [-0.15, -0.1) is 0 Å². The van der Waals surface area contributed by atoms with Gasteiger partial charge in [0.2, 0.25) is 0 Å². The average molecular weight is 334 g/mol. The van der Waals surface area contributed by atoms with Crippen molar-refractivity contribution in [3.8, 4) is 5.75 Å². The smallest absolute Gasteiger partial charge is 0.337 e. The molecule has 5 nitrogen and oxygen atoms in total. The van der Waals surface area contributed by atoms with Gasteiger partial charge in [-0.2, -0.15) is 0 Å². The van der Waals surface area contributed by atoms with Gasteiger partial charge in [-0.1, -0.05) is 29.8 Å². The highest BCUT2D eigenvalue weighted by molar-refractivity contribution is 6.33. The molecule has 2 aromatic rings. The third-order valence-corrected chi connectivity index (χ3v) is 3.40. The fourth-order valence-corrected chi connectivity index (χ4v) is 2.02. The van der Waals surface area contributed by atoms with Crippen LogP contribution in [0, 0.1) is 0 Å². The van der Waals surface area contributed by atoms with Gasteiger partial charge in [0, 0.05) is 0 Å². The summed E-state index contributed by atoms with van der Waals surface area (Å²) in [4.78, 5) is 23.7. The molecule has 120 valence electrons. The van der Waals surface area contributed by atoms with E-state index in [1.54, 1.807) is 19.1 Å². The van der Waals surface area contributed by atoms with E-state index in [1.807, 2.05) is 18.2 Å². The van der Waals surface area contributed by atoms with E-state index < -0.39 is 12.1 Å². The van der Waals surface area contributed by atoms with Gasteiger partial charge in [-0.3, -0.25) is 4.79 Å². The lowest BCUT2D eigenvalue weighted by atomic mass is 10.2. The monoisotopic (exact) mass is 333 g/mol. The number of anilines is 1. The molecule has 0 aromatic heterocycles. The van der Waals surface area contributed by atoms with Crippen molar-refractivity contribution < 1.29 is 19.1 Å². The largest absolute Gasteiger partial charge is 0.481 e. The number of para-hydroxylation sites is 1. The Morgan fingerprint density at radius 3 is 2.48 bits per heavy atom. The van der Waals surface area contributed by atoms with Crippen LogP contribution in [0.1, 0.15) is 17.3 Å². The predicted octanol–water partition coefficient (Wildman–Crippen LogP) is 3.53. The van der Waals surface area contributed by atoms with Gasteiger partial charge in [0.05, 0.1) is 23.4 Å². The van der Waals surface area contributed by atoms with Gasteiger partial charge in [-0.05, 0) is 37.3 Å². The Hall–Kier alpha value is -2.53. The minimum Gasteiger partial charge on any atom is -0.481 e. The van der Waals surface area contributed by atoms with E-state index in [9.17, 15) is 9.59 Å². The molecule has 0 spiro atoms. The molecule has 1 atom stereocenters. The third-order valence-electron chi connectivity index (χ3n) is 3.07. The minimum absolute atomic E-state index is 0.295. The highest BCUT2D eigenvalue weighted by atomic mass is 35.5. The number of nitrogens with one attached hydrogen (secondary N) is 1. The zero-order valence-electron chi connectivity index (χ0n) is 12.7. The van der Waals surface area contributed by atoms with Crippen LogP contribution in [0.3, 0.4) is 0 Å². The maximum Gasteiger partial charge on any atom is 0.337 e. The van der Waals surface area contributed by atoms with Crippen LogP contribution in [0.5, 0.6) is 5.75 Å². The predicted molar refractivity (Wildman–Crippen MR) is 88.0 cm³/mol. The molecule has 0 saturated heterocycles. The molecule has 0 unspecified atom stereocenters. The molecule has 1 N–H and O–H groups in total. The lowest BCUT2D eigenvalue weighted by Gasteiger charge is -2.15. The van der Waals surface area contributed by atoms with E-state index in [-0.39, 0.29) is 5.91 Å². The van der Waals surface area contributed by atoms with Crippen molar-refractivity contribution in [2.45, 2.75) is 13.0 Å². The molecule has 23 heavy (non-hydrogen) atoms. The van der Waals surface area contributed by atoms with Crippen LogP contribution < -0.4 is 10.1 Å². The van der Waals surface area contributed by atoms with Crippen LogP contribution in [0.25, 0.3) is 0 Å². The van der Waals surface area contributed by atoms with Crippen LogP contribution in [0.15, 0.2) is 48.5 Å². The molecule has 0 fully saturated rings. The van der Waals surface area contributed by atoms with E-state index in [1.165, 1.54) is 25.3 Å². The molecular formula is C17H16ClNO4. The number of ether oxygens (including phenoxy) is 2. The normalized spacial score (nSPS) is 11.4. The summed E-state index contributed by atoms with van der Waals surface area (Å²) >= 11 is 6.05. The summed E-state index contributed by atoms with van der Waals surface area (Å²) < 4.78 is 10.2. The second-order valence-corrected chi connectivity index (χ2v) is 5.16. The van der Waals surface area contributed by atoms with E-state index in [0.717, 1.165) is 0 Å². The van der Waals surface area contributed by atoms with Crippen molar-refractivity contribution in [2.24, 2.45) is 0 Å². The highest BCUT2D eigenvalue weighted by Crippen LogP contribution is 2.24. The number of amides is 1. The molecule has 0 heterocycles. The number of carbonyl (C=O) groups excluding carboxylic acids is 2. The van der Waals surface area contributed by atoms with E-state index >= 15 is 0 Å². The molecular weight excluding hydrogens is 318 g/mol. The summed E-state index contributed by atoms with van der Waals surface area (Å²) in [5.41, 5.74) is 0.618. The van der Waals surface area contributed by atoms with Gasteiger partial charge >= 0.3 is 5.97 Å². The number of halogens is 1. The topological polar surface area (TPSA) is 64.6 Å². The van der Waals surface area contributed by atoms with Crippen LogP contribution in [0.4, 0.5) is 5.69 Å². The Morgan fingerprint density at radius 1 is 1.13 bits per heavy atom. The van der Waals surface area contributed by atoms with Crippen LogP contribution in [0.2, 0.25) is 5.02 Å². The van der Waals surface area contributed by atoms with Gasteiger partial charge in [-0.25, -0.2) is 4.79 Å². The summed E-state index contributed by atoms with van der Waals surface area (Å²) in [6.45, 7) is 1.63. The van der Waals surface area contributed by atoms with Gasteiger partial charge < -0.3 is 14.8 Å².